The van der Waals surface area contributed by atoms with Gasteiger partial charge in [0.05, 0.1) is 0 Å². The molecular formula is C12H24N2. The maximum atomic E-state index is 3.30. The number of nitrogens with one attached hydrogen (secondary N) is 1. The van der Waals surface area contributed by atoms with Gasteiger partial charge in [0.25, 0.3) is 0 Å². The standard InChI is InChI=1S/C12H24N2/c1-10(2)12(8-13-4)14-7-5-6-11(3)9-14/h6,10,12-13H,5,7-9H2,1-4H3. The van der Waals surface area contributed by atoms with E-state index in [1.807, 2.05) is 7.05 Å². The SMILES string of the molecule is CNCC(C(C)C)N1CCC=C(C)C1. The summed E-state index contributed by atoms with van der Waals surface area (Å²) in [5.74, 6) is 0.730. The van der Waals surface area contributed by atoms with Crippen LogP contribution in [0.2, 0.25) is 0 Å². The minimum Gasteiger partial charge on any atom is -0.318 e. The zero-order chi connectivity index (χ0) is 10.6. The van der Waals surface area contributed by atoms with Crippen molar-refractivity contribution in [2.45, 2.75) is 33.2 Å². The Hall–Kier alpha value is -0.340. The number of nitrogens with zero attached hydrogens (tertiary/aromatic N) is 1. The van der Waals surface area contributed by atoms with Gasteiger partial charge in [0.2, 0.25) is 0 Å². The van der Waals surface area contributed by atoms with Gasteiger partial charge in [-0.15, -0.1) is 0 Å². The zero-order valence-electron chi connectivity index (χ0n) is 10.0. The van der Waals surface area contributed by atoms with Gasteiger partial charge < -0.3 is 5.32 Å². The summed E-state index contributed by atoms with van der Waals surface area (Å²) < 4.78 is 0. The number of rotatable bonds is 4. The second kappa shape index (κ2) is 5.52. The van der Waals surface area contributed by atoms with Crippen LogP contribution in [0.15, 0.2) is 11.6 Å². The number of likely N-dealkylation sites (N-methyl/N-ethyl adjacent to an activating group) is 1. The predicted octanol–water partition coefficient (Wildman–Crippen LogP) is 1.88. The van der Waals surface area contributed by atoms with Gasteiger partial charge in [0.1, 0.15) is 0 Å². The normalized spacial score (nSPS) is 21.1. The minimum atomic E-state index is 0.684. The smallest absolute Gasteiger partial charge is 0.0247 e. The van der Waals surface area contributed by atoms with E-state index >= 15 is 0 Å². The highest BCUT2D eigenvalue weighted by Crippen LogP contribution is 2.16. The lowest BCUT2D eigenvalue weighted by atomic mass is 9.99. The third kappa shape index (κ3) is 3.10. The number of hydrogen-bond donors (Lipinski definition) is 1. The van der Waals surface area contributed by atoms with Crippen molar-refractivity contribution >= 4 is 0 Å². The average molecular weight is 196 g/mol. The van der Waals surface area contributed by atoms with Crippen LogP contribution in [0.4, 0.5) is 0 Å². The summed E-state index contributed by atoms with van der Waals surface area (Å²) in [4.78, 5) is 2.61. The van der Waals surface area contributed by atoms with Crippen molar-refractivity contribution in [2.75, 3.05) is 26.7 Å². The first kappa shape index (κ1) is 11.7. The van der Waals surface area contributed by atoms with Crippen LogP contribution in [0, 0.1) is 5.92 Å². The van der Waals surface area contributed by atoms with Crippen LogP contribution in [0.25, 0.3) is 0 Å². The Balaban J connectivity index is 2.55. The molecule has 1 heterocycles. The van der Waals surface area contributed by atoms with E-state index in [-0.39, 0.29) is 0 Å². The summed E-state index contributed by atoms with van der Waals surface area (Å²) in [6.45, 7) is 10.4. The Morgan fingerprint density at radius 3 is 2.71 bits per heavy atom. The van der Waals surface area contributed by atoms with E-state index in [9.17, 15) is 0 Å². The molecule has 0 aromatic carbocycles. The summed E-state index contributed by atoms with van der Waals surface area (Å²) >= 11 is 0. The van der Waals surface area contributed by atoms with Gasteiger partial charge in [0.15, 0.2) is 0 Å². The monoisotopic (exact) mass is 196 g/mol. The molecule has 0 radical (unpaired) electrons. The molecule has 2 nitrogen and oxygen atoms in total. The predicted molar refractivity (Wildman–Crippen MR) is 62.5 cm³/mol. The van der Waals surface area contributed by atoms with Crippen molar-refractivity contribution in [1.82, 2.24) is 10.2 Å². The molecule has 14 heavy (non-hydrogen) atoms. The van der Waals surface area contributed by atoms with Gasteiger partial charge in [0, 0.05) is 25.7 Å². The molecule has 1 atom stereocenters. The van der Waals surface area contributed by atoms with E-state index < -0.39 is 0 Å². The van der Waals surface area contributed by atoms with E-state index in [4.69, 9.17) is 0 Å². The second-order valence-corrected chi connectivity index (χ2v) is 4.68. The average Bonchev–Trinajstić information content (AvgIpc) is 2.13. The van der Waals surface area contributed by atoms with Crippen molar-refractivity contribution in [1.29, 1.82) is 0 Å². The van der Waals surface area contributed by atoms with Gasteiger partial charge in [-0.25, -0.2) is 0 Å². The van der Waals surface area contributed by atoms with Crippen LogP contribution >= 0.6 is 0 Å². The molecule has 1 unspecified atom stereocenters. The van der Waals surface area contributed by atoms with Crippen LogP contribution in [-0.2, 0) is 0 Å². The summed E-state index contributed by atoms with van der Waals surface area (Å²) in [6.07, 6.45) is 3.59. The Morgan fingerprint density at radius 1 is 1.50 bits per heavy atom. The van der Waals surface area contributed by atoms with Crippen molar-refractivity contribution < 1.29 is 0 Å². The molecule has 1 N–H and O–H groups in total. The fourth-order valence-electron chi connectivity index (χ4n) is 2.22. The Kier molecular flexibility index (Phi) is 4.63. The quantitative estimate of drug-likeness (QED) is 0.691. The Morgan fingerprint density at radius 2 is 2.21 bits per heavy atom. The van der Waals surface area contributed by atoms with Crippen molar-refractivity contribution in [3.05, 3.63) is 11.6 Å². The first-order valence-corrected chi connectivity index (χ1v) is 5.69. The van der Waals surface area contributed by atoms with Crippen LogP contribution in [0.1, 0.15) is 27.2 Å². The lowest BCUT2D eigenvalue weighted by Gasteiger charge is -2.36. The van der Waals surface area contributed by atoms with Crippen LogP contribution in [0.3, 0.4) is 0 Å². The highest BCUT2D eigenvalue weighted by atomic mass is 15.2. The van der Waals surface area contributed by atoms with E-state index in [1.54, 1.807) is 0 Å². The molecule has 1 aliphatic heterocycles. The molecule has 0 saturated carbocycles. The highest BCUT2D eigenvalue weighted by molar-refractivity contribution is 5.05. The van der Waals surface area contributed by atoms with E-state index in [1.165, 1.54) is 18.5 Å². The molecule has 0 aliphatic carbocycles. The molecule has 0 saturated heterocycles. The largest absolute Gasteiger partial charge is 0.318 e. The van der Waals surface area contributed by atoms with Crippen molar-refractivity contribution in [3.63, 3.8) is 0 Å². The molecule has 1 rings (SSSR count). The molecular weight excluding hydrogens is 172 g/mol. The summed E-state index contributed by atoms with van der Waals surface area (Å²) in [5, 5.41) is 3.30. The van der Waals surface area contributed by atoms with Gasteiger partial charge in [-0.3, -0.25) is 4.90 Å². The molecule has 0 aromatic heterocycles. The van der Waals surface area contributed by atoms with Gasteiger partial charge >= 0.3 is 0 Å². The van der Waals surface area contributed by atoms with Gasteiger partial charge in [-0.1, -0.05) is 25.5 Å². The second-order valence-electron chi connectivity index (χ2n) is 4.68. The van der Waals surface area contributed by atoms with E-state index in [0.29, 0.717) is 6.04 Å². The molecule has 1 aliphatic rings. The maximum Gasteiger partial charge on any atom is 0.0247 e. The third-order valence-electron chi connectivity index (χ3n) is 3.01. The van der Waals surface area contributed by atoms with Gasteiger partial charge in [-0.2, -0.15) is 0 Å². The lowest BCUT2D eigenvalue weighted by molar-refractivity contribution is 0.162. The molecule has 0 aromatic rings. The minimum absolute atomic E-state index is 0.684. The molecule has 0 spiro atoms. The van der Waals surface area contributed by atoms with Crippen molar-refractivity contribution in [2.24, 2.45) is 5.92 Å². The fourth-order valence-corrected chi connectivity index (χ4v) is 2.22. The molecule has 0 amide bonds. The first-order valence-electron chi connectivity index (χ1n) is 5.69. The first-order chi connectivity index (χ1) is 6.65. The molecule has 0 bridgehead atoms. The Bertz CT molecular complexity index is 196. The molecule has 0 fully saturated rings. The molecule has 82 valence electrons. The maximum absolute atomic E-state index is 3.30. The summed E-state index contributed by atoms with van der Waals surface area (Å²) in [5.41, 5.74) is 1.53. The van der Waals surface area contributed by atoms with E-state index in [2.05, 4.69) is 37.1 Å². The van der Waals surface area contributed by atoms with E-state index in [0.717, 1.165) is 19.0 Å². The van der Waals surface area contributed by atoms with Crippen LogP contribution in [-0.4, -0.2) is 37.6 Å². The number of hydrogen-bond acceptors (Lipinski definition) is 2. The topological polar surface area (TPSA) is 15.3 Å². The van der Waals surface area contributed by atoms with Crippen LogP contribution in [0.5, 0.6) is 0 Å². The molecule has 2 heteroatoms. The Labute approximate surface area is 88.4 Å². The fraction of sp³-hybridized carbons (Fsp3) is 0.833. The highest BCUT2D eigenvalue weighted by Gasteiger charge is 2.22. The van der Waals surface area contributed by atoms with Crippen LogP contribution < -0.4 is 5.32 Å². The van der Waals surface area contributed by atoms with Gasteiger partial charge in [-0.05, 0) is 26.3 Å². The summed E-state index contributed by atoms with van der Waals surface area (Å²) in [6, 6.07) is 0.684. The van der Waals surface area contributed by atoms with Crippen molar-refractivity contribution in [3.8, 4) is 0 Å². The summed E-state index contributed by atoms with van der Waals surface area (Å²) in [7, 11) is 2.04. The zero-order valence-corrected chi connectivity index (χ0v) is 10.0. The third-order valence-corrected chi connectivity index (χ3v) is 3.01. The lowest BCUT2D eigenvalue weighted by Crippen LogP contribution is -2.47.